The number of phenolic OH excluding ortho intramolecular Hbond substituents is 1. The molecular weight excluding hydrogens is 490 g/mol. The monoisotopic (exact) mass is 533 g/mol. The Morgan fingerprint density at radius 1 is 0.949 bits per heavy atom. The molecule has 0 aliphatic heterocycles. The second kappa shape index (κ2) is 12.1. The first-order valence-corrected chi connectivity index (χ1v) is 13.7. The number of ether oxygens (including phenoxy) is 1. The molecule has 2 aromatic carbocycles. The zero-order chi connectivity index (χ0) is 29.0. The van der Waals surface area contributed by atoms with Gasteiger partial charge in [-0.05, 0) is 41.9 Å². The molecule has 0 fully saturated rings. The number of benzene rings is 2. The minimum atomic E-state index is -0.456. The molecule has 7 heteroatoms. The van der Waals surface area contributed by atoms with Gasteiger partial charge in [-0.15, -0.1) is 0 Å². The van der Waals surface area contributed by atoms with E-state index in [0.29, 0.717) is 30.0 Å². The number of aromatic hydroxyl groups is 1. The molecule has 39 heavy (non-hydrogen) atoms. The van der Waals surface area contributed by atoms with Crippen LogP contribution in [-0.2, 0) is 28.7 Å². The number of carbonyl (C=O) groups excluding carboxylic acids is 2. The zero-order valence-corrected chi connectivity index (χ0v) is 24.7. The highest BCUT2D eigenvalue weighted by molar-refractivity contribution is 5.97. The van der Waals surface area contributed by atoms with Crippen LogP contribution >= 0.6 is 0 Å². The van der Waals surface area contributed by atoms with Crippen LogP contribution in [0.5, 0.6) is 5.75 Å². The molecule has 0 spiro atoms. The van der Waals surface area contributed by atoms with Crippen LogP contribution < -0.4 is 5.62 Å². The van der Waals surface area contributed by atoms with Gasteiger partial charge >= 0.3 is 5.97 Å². The Balaban J connectivity index is 2.16. The topological polar surface area (TPSA) is 85.8 Å². The van der Waals surface area contributed by atoms with E-state index in [-0.39, 0.29) is 35.5 Å². The third kappa shape index (κ3) is 7.08. The summed E-state index contributed by atoms with van der Waals surface area (Å²) in [6, 6.07) is 13.4. The second-order valence-corrected chi connectivity index (χ2v) is 12.0. The maximum absolute atomic E-state index is 13.8. The number of nitrogens with zero attached hydrogens (tertiary/aromatic N) is 3. The highest BCUT2D eigenvalue weighted by Crippen LogP contribution is 2.39. The number of carbonyl (C=O) groups is 2. The van der Waals surface area contributed by atoms with Crippen LogP contribution in [0.15, 0.2) is 53.7 Å². The molecule has 0 saturated heterocycles. The standard InChI is InChI=1S/C32H43N3O4/c1-9-16-33-30-34(20-26(29(38)39-10-2)35(30)19-22-14-12-11-13-15-22)21-27(36)23-17-24(31(3,4)5)28(37)25(18-23)32(6,7)8/h11-15,17-18,20,37H,9-10,16,19,21H2,1-8H3. The summed E-state index contributed by atoms with van der Waals surface area (Å²) in [5, 5.41) is 11.1. The molecule has 1 N–H and O–H groups in total. The van der Waals surface area contributed by atoms with E-state index in [1.54, 1.807) is 29.8 Å². The van der Waals surface area contributed by atoms with Gasteiger partial charge in [-0.3, -0.25) is 9.79 Å². The molecular formula is C32H43N3O4. The van der Waals surface area contributed by atoms with Gasteiger partial charge in [0.25, 0.3) is 0 Å². The average molecular weight is 534 g/mol. The largest absolute Gasteiger partial charge is 0.507 e. The SMILES string of the molecule is CCCN=c1n(CC(=O)c2cc(C(C)(C)C)c(O)c(C(C)(C)C)c2)cc(C(=O)OCC)n1Cc1ccccc1. The summed E-state index contributed by atoms with van der Waals surface area (Å²) < 4.78 is 8.93. The summed E-state index contributed by atoms with van der Waals surface area (Å²) in [4.78, 5) is 31.6. The van der Waals surface area contributed by atoms with Gasteiger partial charge in [-0.2, -0.15) is 0 Å². The molecule has 0 saturated carbocycles. The maximum Gasteiger partial charge on any atom is 0.356 e. The van der Waals surface area contributed by atoms with E-state index < -0.39 is 5.97 Å². The fourth-order valence-corrected chi connectivity index (χ4v) is 4.52. The van der Waals surface area contributed by atoms with E-state index in [2.05, 4.69) is 0 Å². The van der Waals surface area contributed by atoms with Crippen molar-refractivity contribution in [2.75, 3.05) is 13.2 Å². The first-order chi connectivity index (χ1) is 18.3. The van der Waals surface area contributed by atoms with Crippen molar-refractivity contribution in [3.05, 3.63) is 82.2 Å². The average Bonchev–Trinajstić information content (AvgIpc) is 3.18. The van der Waals surface area contributed by atoms with E-state index in [1.807, 2.05) is 83.4 Å². The summed E-state index contributed by atoms with van der Waals surface area (Å²) in [6.07, 6.45) is 2.49. The number of aromatic nitrogens is 2. The fourth-order valence-electron chi connectivity index (χ4n) is 4.52. The first-order valence-electron chi connectivity index (χ1n) is 13.7. The predicted molar refractivity (Wildman–Crippen MR) is 154 cm³/mol. The van der Waals surface area contributed by atoms with Crippen molar-refractivity contribution in [1.82, 2.24) is 9.13 Å². The Morgan fingerprint density at radius 2 is 1.54 bits per heavy atom. The quantitative estimate of drug-likeness (QED) is 0.270. The lowest BCUT2D eigenvalue weighted by molar-refractivity contribution is 0.0513. The third-order valence-electron chi connectivity index (χ3n) is 6.57. The molecule has 0 aliphatic rings. The van der Waals surface area contributed by atoms with E-state index in [0.717, 1.165) is 23.1 Å². The number of phenols is 1. The van der Waals surface area contributed by atoms with Crippen LogP contribution in [0.3, 0.4) is 0 Å². The van der Waals surface area contributed by atoms with E-state index in [9.17, 15) is 14.7 Å². The molecule has 0 bridgehead atoms. The molecule has 210 valence electrons. The minimum absolute atomic E-state index is 0.00527. The number of hydrogen-bond donors (Lipinski definition) is 1. The highest BCUT2D eigenvalue weighted by atomic mass is 16.5. The van der Waals surface area contributed by atoms with E-state index in [4.69, 9.17) is 9.73 Å². The molecule has 0 amide bonds. The molecule has 0 aliphatic carbocycles. The Kier molecular flexibility index (Phi) is 9.26. The first kappa shape index (κ1) is 29.9. The molecule has 0 unspecified atom stereocenters. The number of hydrogen-bond acceptors (Lipinski definition) is 5. The zero-order valence-electron chi connectivity index (χ0n) is 24.7. The Bertz CT molecular complexity index is 1350. The summed E-state index contributed by atoms with van der Waals surface area (Å²) in [7, 11) is 0. The summed E-state index contributed by atoms with van der Waals surface area (Å²) >= 11 is 0. The van der Waals surface area contributed by atoms with Gasteiger partial charge in [-0.1, -0.05) is 78.8 Å². The van der Waals surface area contributed by atoms with Gasteiger partial charge in [0.1, 0.15) is 11.4 Å². The van der Waals surface area contributed by atoms with Gasteiger partial charge in [0.2, 0.25) is 5.62 Å². The maximum atomic E-state index is 13.8. The lowest BCUT2D eigenvalue weighted by Gasteiger charge is -2.28. The number of ketones is 1. The summed E-state index contributed by atoms with van der Waals surface area (Å²) in [5.41, 5.74) is 3.17. The lowest BCUT2D eigenvalue weighted by atomic mass is 9.78. The predicted octanol–water partition coefficient (Wildman–Crippen LogP) is 6.01. The van der Waals surface area contributed by atoms with Crippen LogP contribution in [0.4, 0.5) is 0 Å². The van der Waals surface area contributed by atoms with Crippen molar-refractivity contribution in [2.24, 2.45) is 4.99 Å². The van der Waals surface area contributed by atoms with Crippen LogP contribution in [0, 0.1) is 0 Å². The van der Waals surface area contributed by atoms with Gasteiger partial charge in [0.05, 0.1) is 19.7 Å². The normalized spacial score (nSPS) is 12.6. The second-order valence-electron chi connectivity index (χ2n) is 12.0. The highest BCUT2D eigenvalue weighted by Gasteiger charge is 2.28. The van der Waals surface area contributed by atoms with Crippen molar-refractivity contribution < 1.29 is 19.4 Å². The number of rotatable bonds is 9. The Morgan fingerprint density at radius 3 is 2.05 bits per heavy atom. The number of Topliss-reactive ketones (excluding diaryl/α,β-unsaturated/α-hetero) is 1. The van der Waals surface area contributed by atoms with Crippen molar-refractivity contribution >= 4 is 11.8 Å². The van der Waals surface area contributed by atoms with Gasteiger partial charge in [-0.25, -0.2) is 4.79 Å². The summed E-state index contributed by atoms with van der Waals surface area (Å²) in [6.45, 7) is 17.1. The Hall–Kier alpha value is -3.61. The van der Waals surface area contributed by atoms with Gasteiger partial charge in [0.15, 0.2) is 5.78 Å². The van der Waals surface area contributed by atoms with Gasteiger partial charge in [0, 0.05) is 29.4 Å². The van der Waals surface area contributed by atoms with Crippen molar-refractivity contribution in [3.8, 4) is 5.75 Å². The molecule has 0 radical (unpaired) electrons. The molecule has 7 nitrogen and oxygen atoms in total. The molecule has 3 aromatic rings. The van der Waals surface area contributed by atoms with Crippen LogP contribution in [0.25, 0.3) is 0 Å². The van der Waals surface area contributed by atoms with E-state index >= 15 is 0 Å². The lowest BCUT2D eigenvalue weighted by Crippen LogP contribution is -2.30. The van der Waals surface area contributed by atoms with Gasteiger partial charge < -0.3 is 19.0 Å². The number of esters is 1. The van der Waals surface area contributed by atoms with Crippen LogP contribution in [0.1, 0.15) is 99.3 Å². The molecule has 3 rings (SSSR count). The van der Waals surface area contributed by atoms with Crippen LogP contribution in [-0.4, -0.2) is 39.1 Å². The number of imidazole rings is 1. The molecule has 0 atom stereocenters. The molecule has 1 aromatic heterocycles. The van der Waals surface area contributed by atoms with Crippen LogP contribution in [0.2, 0.25) is 0 Å². The van der Waals surface area contributed by atoms with Crippen molar-refractivity contribution in [3.63, 3.8) is 0 Å². The Labute approximate surface area is 232 Å². The fraction of sp³-hybridized carbons (Fsp3) is 0.469. The minimum Gasteiger partial charge on any atom is -0.507 e. The summed E-state index contributed by atoms with van der Waals surface area (Å²) in [5.74, 6) is -0.352. The van der Waals surface area contributed by atoms with Crippen molar-refractivity contribution in [2.45, 2.75) is 85.7 Å². The molecule has 1 heterocycles. The van der Waals surface area contributed by atoms with E-state index in [1.165, 1.54) is 0 Å². The third-order valence-corrected chi connectivity index (χ3v) is 6.57. The van der Waals surface area contributed by atoms with Crippen molar-refractivity contribution in [1.29, 1.82) is 0 Å². The smallest absolute Gasteiger partial charge is 0.356 e.